The van der Waals surface area contributed by atoms with Crippen molar-refractivity contribution in [2.75, 3.05) is 0 Å². The summed E-state index contributed by atoms with van der Waals surface area (Å²) in [4.78, 5) is 12.0. The molecule has 0 saturated heterocycles. The summed E-state index contributed by atoms with van der Waals surface area (Å²) in [7, 11) is 0. The van der Waals surface area contributed by atoms with Crippen LogP contribution in [0.4, 0.5) is 4.39 Å². The highest BCUT2D eigenvalue weighted by Crippen LogP contribution is 2.15. The van der Waals surface area contributed by atoms with Crippen LogP contribution in [0.5, 0.6) is 5.75 Å². The summed E-state index contributed by atoms with van der Waals surface area (Å²) in [6, 6.07) is 13.1. The minimum atomic E-state index is -0.269. The molecule has 0 bridgehead atoms. The molecule has 0 saturated carbocycles. The minimum absolute atomic E-state index is 0.113. The number of hydrogen-bond donors (Lipinski definition) is 1. The van der Waals surface area contributed by atoms with Gasteiger partial charge in [0.2, 0.25) is 0 Å². The van der Waals surface area contributed by atoms with E-state index in [1.807, 2.05) is 20.8 Å². The molecule has 0 heterocycles. The molecule has 116 valence electrons. The molecule has 0 fully saturated rings. The van der Waals surface area contributed by atoms with Gasteiger partial charge in [0.25, 0.3) is 5.91 Å². The average molecular weight is 301 g/mol. The van der Waals surface area contributed by atoms with Crippen LogP contribution in [0.25, 0.3) is 0 Å². The molecular weight excluding hydrogens is 281 g/mol. The van der Waals surface area contributed by atoms with Crippen LogP contribution in [-0.4, -0.2) is 11.4 Å². The first kappa shape index (κ1) is 16.0. The summed E-state index contributed by atoms with van der Waals surface area (Å²) in [5.74, 6) is 0.284. The van der Waals surface area contributed by atoms with Crippen LogP contribution in [-0.2, 0) is 6.61 Å². The number of carbonyl (C=O) groups excluding carboxylic acids is 1. The summed E-state index contributed by atoms with van der Waals surface area (Å²) in [5.41, 5.74) is 1.20. The van der Waals surface area contributed by atoms with E-state index < -0.39 is 0 Å². The fourth-order valence-corrected chi connectivity index (χ4v) is 1.86. The molecule has 2 aromatic rings. The number of benzene rings is 2. The van der Waals surface area contributed by atoms with E-state index in [0.29, 0.717) is 17.9 Å². The predicted octanol–water partition coefficient (Wildman–Crippen LogP) is 3.93. The van der Waals surface area contributed by atoms with E-state index in [9.17, 15) is 9.18 Å². The Morgan fingerprint density at radius 2 is 1.64 bits per heavy atom. The third-order valence-corrected chi connectivity index (χ3v) is 2.92. The monoisotopic (exact) mass is 301 g/mol. The van der Waals surface area contributed by atoms with E-state index in [4.69, 9.17) is 4.74 Å². The topological polar surface area (TPSA) is 38.3 Å². The molecule has 4 heteroatoms. The number of ether oxygens (including phenoxy) is 1. The van der Waals surface area contributed by atoms with Gasteiger partial charge in [0.05, 0.1) is 0 Å². The Bertz CT molecular complexity index is 628. The van der Waals surface area contributed by atoms with Gasteiger partial charge in [-0.15, -0.1) is 0 Å². The molecule has 0 spiro atoms. The van der Waals surface area contributed by atoms with Gasteiger partial charge in [0.1, 0.15) is 18.2 Å². The normalized spacial score (nSPS) is 11.1. The van der Waals surface area contributed by atoms with Crippen LogP contribution in [0.15, 0.2) is 48.5 Å². The summed E-state index contributed by atoms with van der Waals surface area (Å²) >= 11 is 0. The van der Waals surface area contributed by atoms with Gasteiger partial charge < -0.3 is 10.1 Å². The summed E-state index contributed by atoms with van der Waals surface area (Å²) in [6.45, 7) is 6.16. The maximum atomic E-state index is 12.8. The Morgan fingerprint density at radius 3 is 2.18 bits per heavy atom. The quantitative estimate of drug-likeness (QED) is 0.929. The average Bonchev–Trinajstić information content (AvgIpc) is 2.45. The first-order valence-corrected chi connectivity index (χ1v) is 7.13. The zero-order valence-electron chi connectivity index (χ0n) is 13.0. The van der Waals surface area contributed by atoms with Gasteiger partial charge in [-0.1, -0.05) is 12.1 Å². The van der Waals surface area contributed by atoms with Crippen LogP contribution in [0.3, 0.4) is 0 Å². The first-order chi connectivity index (χ1) is 10.3. The van der Waals surface area contributed by atoms with Crippen molar-refractivity contribution < 1.29 is 13.9 Å². The summed E-state index contributed by atoms with van der Waals surface area (Å²) in [5, 5.41) is 2.90. The molecular formula is C18H20FNO2. The van der Waals surface area contributed by atoms with E-state index >= 15 is 0 Å². The van der Waals surface area contributed by atoms with Crippen molar-refractivity contribution in [3.8, 4) is 5.75 Å². The third-order valence-electron chi connectivity index (χ3n) is 2.92. The van der Waals surface area contributed by atoms with Crippen LogP contribution >= 0.6 is 0 Å². The third kappa shape index (κ3) is 4.88. The standard InChI is InChI=1S/C18H20FNO2/c1-18(2,3)20-17(21)14-6-10-16(11-7-14)22-12-13-4-8-15(19)9-5-13/h4-11H,12H2,1-3H3,(H,20,21). The Kier molecular flexibility index (Phi) is 4.81. The Hall–Kier alpha value is -2.36. The van der Waals surface area contributed by atoms with E-state index in [-0.39, 0.29) is 17.3 Å². The Labute approximate surface area is 130 Å². The lowest BCUT2D eigenvalue weighted by molar-refractivity contribution is 0.0919. The second kappa shape index (κ2) is 6.60. The van der Waals surface area contributed by atoms with Crippen LogP contribution < -0.4 is 10.1 Å². The van der Waals surface area contributed by atoms with Gasteiger partial charge in [-0.05, 0) is 62.7 Å². The number of carbonyl (C=O) groups is 1. The van der Waals surface area contributed by atoms with Crippen molar-refractivity contribution in [1.29, 1.82) is 0 Å². The van der Waals surface area contributed by atoms with Crippen molar-refractivity contribution in [3.05, 3.63) is 65.5 Å². The maximum Gasteiger partial charge on any atom is 0.251 e. The van der Waals surface area contributed by atoms with E-state index in [2.05, 4.69) is 5.32 Å². The van der Waals surface area contributed by atoms with Crippen LogP contribution in [0.2, 0.25) is 0 Å². The molecule has 1 N–H and O–H groups in total. The molecule has 0 atom stereocenters. The molecule has 0 aromatic heterocycles. The number of halogens is 1. The largest absolute Gasteiger partial charge is 0.489 e. The number of hydrogen-bond acceptors (Lipinski definition) is 2. The molecule has 0 aliphatic rings. The van der Waals surface area contributed by atoms with Crippen molar-refractivity contribution in [2.45, 2.75) is 32.9 Å². The van der Waals surface area contributed by atoms with Gasteiger partial charge in [0.15, 0.2) is 0 Å². The van der Waals surface area contributed by atoms with Gasteiger partial charge in [0, 0.05) is 11.1 Å². The molecule has 2 rings (SSSR count). The molecule has 3 nitrogen and oxygen atoms in total. The lowest BCUT2D eigenvalue weighted by Gasteiger charge is -2.20. The predicted molar refractivity (Wildman–Crippen MR) is 84.4 cm³/mol. The highest BCUT2D eigenvalue weighted by Gasteiger charge is 2.15. The number of nitrogens with one attached hydrogen (secondary N) is 1. The fraction of sp³-hybridized carbons (Fsp3) is 0.278. The molecule has 22 heavy (non-hydrogen) atoms. The lowest BCUT2D eigenvalue weighted by atomic mass is 10.1. The number of amides is 1. The zero-order chi connectivity index (χ0) is 16.2. The highest BCUT2D eigenvalue weighted by molar-refractivity contribution is 5.94. The summed E-state index contributed by atoms with van der Waals surface area (Å²) < 4.78 is 18.4. The second-order valence-electron chi connectivity index (χ2n) is 6.14. The minimum Gasteiger partial charge on any atom is -0.489 e. The number of rotatable bonds is 4. The van der Waals surface area contributed by atoms with Crippen molar-refractivity contribution in [1.82, 2.24) is 5.32 Å². The SMILES string of the molecule is CC(C)(C)NC(=O)c1ccc(OCc2ccc(F)cc2)cc1. The molecule has 0 aliphatic heterocycles. The molecule has 0 radical (unpaired) electrons. The van der Waals surface area contributed by atoms with Crippen molar-refractivity contribution >= 4 is 5.91 Å². The molecule has 2 aromatic carbocycles. The van der Waals surface area contributed by atoms with E-state index in [1.165, 1.54) is 12.1 Å². The maximum absolute atomic E-state index is 12.8. The van der Waals surface area contributed by atoms with Crippen molar-refractivity contribution in [2.24, 2.45) is 0 Å². The second-order valence-corrected chi connectivity index (χ2v) is 6.14. The molecule has 0 aliphatic carbocycles. The first-order valence-electron chi connectivity index (χ1n) is 7.13. The Morgan fingerprint density at radius 1 is 1.05 bits per heavy atom. The zero-order valence-corrected chi connectivity index (χ0v) is 13.0. The van der Waals surface area contributed by atoms with Crippen molar-refractivity contribution in [3.63, 3.8) is 0 Å². The van der Waals surface area contributed by atoms with Gasteiger partial charge in [-0.2, -0.15) is 0 Å². The van der Waals surface area contributed by atoms with Gasteiger partial charge >= 0.3 is 0 Å². The Balaban J connectivity index is 1.94. The fourth-order valence-electron chi connectivity index (χ4n) is 1.86. The lowest BCUT2D eigenvalue weighted by Crippen LogP contribution is -2.40. The van der Waals surface area contributed by atoms with E-state index in [0.717, 1.165) is 5.56 Å². The van der Waals surface area contributed by atoms with Gasteiger partial charge in [-0.3, -0.25) is 4.79 Å². The molecule has 0 unspecified atom stereocenters. The molecule has 1 amide bonds. The summed E-state index contributed by atoms with van der Waals surface area (Å²) in [6.07, 6.45) is 0. The van der Waals surface area contributed by atoms with Crippen LogP contribution in [0, 0.1) is 5.82 Å². The highest BCUT2D eigenvalue weighted by atomic mass is 19.1. The smallest absolute Gasteiger partial charge is 0.251 e. The van der Waals surface area contributed by atoms with E-state index in [1.54, 1.807) is 36.4 Å². The van der Waals surface area contributed by atoms with Crippen LogP contribution in [0.1, 0.15) is 36.7 Å². The van der Waals surface area contributed by atoms with Gasteiger partial charge in [-0.25, -0.2) is 4.39 Å².